The van der Waals surface area contributed by atoms with Crippen LogP contribution in [0.1, 0.15) is 36.8 Å². The quantitative estimate of drug-likeness (QED) is 0.322. The number of allylic oxidation sites excluding steroid dienone is 2. The average molecular weight is 540 g/mol. The number of halogens is 1. The zero-order valence-corrected chi connectivity index (χ0v) is 22.0. The van der Waals surface area contributed by atoms with Crippen molar-refractivity contribution in [2.24, 2.45) is 21.6 Å². The Morgan fingerprint density at radius 3 is 2.87 bits per heavy atom. The molecule has 0 spiro atoms. The Labute approximate surface area is 228 Å². The largest absolute Gasteiger partial charge is 0.392 e. The molecule has 2 aliphatic heterocycles. The van der Waals surface area contributed by atoms with Gasteiger partial charge in [0.05, 0.1) is 34.9 Å². The molecule has 2 atom stereocenters. The number of terminal acetylenes is 1. The lowest BCUT2D eigenvalue weighted by atomic mass is 9.90. The van der Waals surface area contributed by atoms with E-state index < -0.39 is 24.1 Å². The lowest BCUT2D eigenvalue weighted by Crippen LogP contribution is -2.38. The molecule has 39 heavy (non-hydrogen) atoms. The van der Waals surface area contributed by atoms with E-state index in [4.69, 9.17) is 12.2 Å². The van der Waals surface area contributed by atoms with E-state index in [9.17, 15) is 9.90 Å². The number of nitrogens with two attached hydrogens (primary N) is 1. The van der Waals surface area contributed by atoms with Crippen LogP contribution < -0.4 is 16.6 Å². The maximum absolute atomic E-state index is 15.2. The summed E-state index contributed by atoms with van der Waals surface area (Å²) in [5.41, 5.74) is 9.78. The summed E-state index contributed by atoms with van der Waals surface area (Å²) < 4.78 is 16.5. The van der Waals surface area contributed by atoms with Crippen molar-refractivity contribution in [2.45, 2.75) is 31.8 Å². The number of hydrogen-bond donors (Lipinski definition) is 3. The number of pyridine rings is 1. The van der Waals surface area contributed by atoms with Crippen molar-refractivity contribution >= 4 is 45.2 Å². The maximum atomic E-state index is 15.2. The predicted molar refractivity (Wildman–Crippen MR) is 155 cm³/mol. The highest BCUT2D eigenvalue weighted by molar-refractivity contribution is 7.08. The highest BCUT2D eigenvalue weighted by Gasteiger charge is 2.37. The van der Waals surface area contributed by atoms with E-state index in [1.165, 1.54) is 10.6 Å². The van der Waals surface area contributed by atoms with Crippen LogP contribution in [0, 0.1) is 24.1 Å². The van der Waals surface area contributed by atoms with Gasteiger partial charge < -0.3 is 16.2 Å². The Morgan fingerprint density at radius 2 is 2.21 bits per heavy atom. The Kier molecular flexibility index (Phi) is 6.29. The van der Waals surface area contributed by atoms with Crippen molar-refractivity contribution in [3.8, 4) is 12.3 Å². The summed E-state index contributed by atoms with van der Waals surface area (Å²) in [6.07, 6.45) is 12.9. The van der Waals surface area contributed by atoms with Gasteiger partial charge in [0.15, 0.2) is 0 Å². The van der Waals surface area contributed by atoms with Gasteiger partial charge in [-0.15, -0.1) is 6.42 Å². The third kappa shape index (κ3) is 4.32. The highest BCUT2D eigenvalue weighted by atomic mass is 32.1. The molecule has 9 heteroatoms. The van der Waals surface area contributed by atoms with Crippen molar-refractivity contribution in [1.29, 1.82) is 0 Å². The number of hydrogen-bond acceptors (Lipinski definition) is 7. The monoisotopic (exact) mass is 539 g/mol. The summed E-state index contributed by atoms with van der Waals surface area (Å²) in [6, 6.07) is 7.06. The molecule has 1 saturated carbocycles. The van der Waals surface area contributed by atoms with Crippen LogP contribution >= 0.6 is 11.3 Å². The fourth-order valence-electron chi connectivity index (χ4n) is 5.35. The fraction of sp³-hybridized carbons (Fsp3) is 0.233. The SMILES string of the molecule is C#C/C(C1=NC(N)=NC2NC(c3ccsc3)=CC12)=C(CO)\C(=C/C)n1ccc2cc(C3CC3)cc(F)c2c1=O. The Balaban J connectivity index is 1.47. The minimum absolute atomic E-state index is 0.00410. The van der Waals surface area contributed by atoms with E-state index in [0.717, 1.165) is 29.7 Å². The second-order valence-corrected chi connectivity index (χ2v) is 10.5. The number of guanidine groups is 1. The molecule has 7 nitrogen and oxygen atoms in total. The molecule has 1 fully saturated rings. The molecule has 4 heterocycles. The van der Waals surface area contributed by atoms with Gasteiger partial charge >= 0.3 is 0 Å². The Bertz CT molecular complexity index is 1750. The van der Waals surface area contributed by atoms with E-state index in [-0.39, 0.29) is 17.3 Å². The first-order valence-electron chi connectivity index (χ1n) is 12.7. The van der Waals surface area contributed by atoms with Gasteiger partial charge in [0.1, 0.15) is 12.0 Å². The molecule has 6 rings (SSSR count). The summed E-state index contributed by atoms with van der Waals surface area (Å²) in [7, 11) is 0. The van der Waals surface area contributed by atoms with E-state index in [2.05, 4.69) is 21.2 Å². The summed E-state index contributed by atoms with van der Waals surface area (Å²) in [5.74, 6) is 2.20. The number of aliphatic hydroxyl groups excluding tert-OH is 1. The second kappa shape index (κ2) is 9.80. The highest BCUT2D eigenvalue weighted by Crippen LogP contribution is 2.41. The molecule has 196 valence electrons. The molecule has 1 aliphatic carbocycles. The molecule has 0 radical (unpaired) electrons. The molecular formula is C30H26FN5O2S. The number of nitrogens with zero attached hydrogens (tertiary/aromatic N) is 3. The average Bonchev–Trinajstić information content (AvgIpc) is 3.45. The lowest BCUT2D eigenvalue weighted by Gasteiger charge is -2.25. The number of aromatic nitrogens is 1. The molecule has 1 aromatic carbocycles. The van der Waals surface area contributed by atoms with Crippen LogP contribution in [0.4, 0.5) is 4.39 Å². The minimum atomic E-state index is -0.553. The second-order valence-electron chi connectivity index (χ2n) is 9.75. The predicted octanol–water partition coefficient (Wildman–Crippen LogP) is 4.22. The minimum Gasteiger partial charge on any atom is -0.392 e. The number of aliphatic hydroxyl groups is 1. The molecule has 0 amide bonds. The first-order chi connectivity index (χ1) is 18.9. The first-order valence-corrected chi connectivity index (χ1v) is 13.6. The van der Waals surface area contributed by atoms with E-state index >= 15 is 4.39 Å². The first kappa shape index (κ1) is 25.0. The Hall–Kier alpha value is -4.26. The number of aliphatic imine (C=N–C) groups is 2. The number of fused-ring (bicyclic) bond motifs is 2. The van der Waals surface area contributed by atoms with E-state index in [0.29, 0.717) is 33.9 Å². The van der Waals surface area contributed by atoms with Crippen LogP contribution in [0.25, 0.3) is 22.2 Å². The van der Waals surface area contributed by atoms with Crippen molar-refractivity contribution in [1.82, 2.24) is 9.88 Å². The zero-order chi connectivity index (χ0) is 27.3. The molecule has 3 aromatic rings. The van der Waals surface area contributed by atoms with Crippen molar-refractivity contribution in [3.63, 3.8) is 0 Å². The van der Waals surface area contributed by atoms with E-state index in [1.54, 1.807) is 36.6 Å². The number of thiophene rings is 1. The zero-order valence-electron chi connectivity index (χ0n) is 21.2. The summed E-state index contributed by atoms with van der Waals surface area (Å²) in [6.45, 7) is 1.25. The summed E-state index contributed by atoms with van der Waals surface area (Å²) >= 11 is 1.58. The number of benzene rings is 1. The van der Waals surface area contributed by atoms with Crippen molar-refractivity contribution in [3.05, 3.63) is 91.8 Å². The van der Waals surface area contributed by atoms with Crippen LogP contribution in [0.5, 0.6) is 0 Å². The summed E-state index contributed by atoms with van der Waals surface area (Å²) in [4.78, 5) is 22.5. The van der Waals surface area contributed by atoms with Gasteiger partial charge in [-0.1, -0.05) is 18.1 Å². The smallest absolute Gasteiger partial charge is 0.265 e. The van der Waals surface area contributed by atoms with Crippen LogP contribution in [-0.4, -0.2) is 34.1 Å². The van der Waals surface area contributed by atoms with Gasteiger partial charge in [-0.3, -0.25) is 9.36 Å². The maximum Gasteiger partial charge on any atom is 0.265 e. The molecule has 2 aromatic heterocycles. The van der Waals surface area contributed by atoms with Gasteiger partial charge in [-0.05, 0) is 71.7 Å². The van der Waals surface area contributed by atoms with Crippen molar-refractivity contribution < 1.29 is 9.50 Å². The van der Waals surface area contributed by atoms with Crippen LogP contribution in [0.3, 0.4) is 0 Å². The Morgan fingerprint density at radius 1 is 1.38 bits per heavy atom. The lowest BCUT2D eigenvalue weighted by molar-refractivity contribution is 0.334. The third-order valence-electron chi connectivity index (χ3n) is 7.37. The van der Waals surface area contributed by atoms with Crippen LogP contribution in [0.15, 0.2) is 79.3 Å². The van der Waals surface area contributed by atoms with Gasteiger partial charge in [-0.2, -0.15) is 11.3 Å². The molecule has 0 saturated heterocycles. The molecule has 3 aliphatic rings. The molecular weight excluding hydrogens is 513 g/mol. The standard InChI is InChI=1S/C30H26FN5O2S/c1-3-20(27-21-13-24(18-8-10-39-15-18)33-28(21)35-30(32)34-27)22(14-37)25(4-2)36-9-7-17-11-19(16-5-6-16)12-23(31)26(17)29(36)38/h1,4,7-13,15-16,21,28,33,37H,5-6,14H2,2H3,(H2,32,35)/b22-20+,25-4+. The van der Waals surface area contributed by atoms with Gasteiger partial charge in [-0.25, -0.2) is 14.4 Å². The molecule has 0 bridgehead atoms. The van der Waals surface area contributed by atoms with Gasteiger partial charge in [0.2, 0.25) is 5.96 Å². The van der Waals surface area contributed by atoms with E-state index in [1.807, 2.05) is 29.0 Å². The normalized spacial score (nSPS) is 21.4. The van der Waals surface area contributed by atoms with Gasteiger partial charge in [0, 0.05) is 23.0 Å². The number of nitrogens with one attached hydrogen (secondary N) is 1. The summed E-state index contributed by atoms with van der Waals surface area (Å²) in [5, 5.41) is 18.5. The van der Waals surface area contributed by atoms with Crippen LogP contribution in [-0.2, 0) is 0 Å². The fourth-order valence-corrected chi connectivity index (χ4v) is 6.01. The van der Waals surface area contributed by atoms with Crippen molar-refractivity contribution in [2.75, 3.05) is 6.61 Å². The molecule has 4 N–H and O–H groups in total. The molecule has 2 unspecified atom stereocenters. The van der Waals surface area contributed by atoms with Gasteiger partial charge in [0.25, 0.3) is 5.56 Å². The number of rotatable bonds is 6. The topological polar surface area (TPSA) is 105 Å². The van der Waals surface area contributed by atoms with Crippen LogP contribution in [0.2, 0.25) is 0 Å². The third-order valence-corrected chi connectivity index (χ3v) is 8.06.